The summed E-state index contributed by atoms with van der Waals surface area (Å²) in [5.74, 6) is -1.33. The molecule has 6 nitrogen and oxygen atoms in total. The van der Waals surface area contributed by atoms with Gasteiger partial charge in [-0.15, -0.1) is 0 Å². The quantitative estimate of drug-likeness (QED) is 0.556. The minimum Gasteiger partial charge on any atom is -0.399 e. The van der Waals surface area contributed by atoms with Crippen molar-refractivity contribution in [3.63, 3.8) is 0 Å². The van der Waals surface area contributed by atoms with E-state index in [9.17, 15) is 14.4 Å². The molecule has 1 saturated heterocycles. The minimum absolute atomic E-state index is 0.137. The number of benzene rings is 1. The van der Waals surface area contributed by atoms with Crippen molar-refractivity contribution in [3.8, 4) is 0 Å². The lowest BCUT2D eigenvalue weighted by atomic mass is 9.97. The first-order valence-electron chi connectivity index (χ1n) is 5.84. The zero-order chi connectivity index (χ0) is 14.2. The van der Waals surface area contributed by atoms with Gasteiger partial charge in [0.1, 0.15) is 12.1 Å². The van der Waals surface area contributed by atoms with Gasteiger partial charge in [-0.05, 0) is 38.1 Å². The highest BCUT2D eigenvalue weighted by Crippen LogP contribution is 2.21. The Morgan fingerprint density at radius 1 is 1.26 bits per heavy atom. The first kappa shape index (κ1) is 13.1. The lowest BCUT2D eigenvalue weighted by molar-refractivity contribution is -0.143. The third kappa shape index (κ3) is 2.29. The number of anilines is 1. The highest BCUT2D eigenvalue weighted by molar-refractivity contribution is 6.08. The second kappa shape index (κ2) is 4.38. The Bertz CT molecular complexity index is 549. The van der Waals surface area contributed by atoms with Crippen LogP contribution in [-0.4, -0.2) is 34.7 Å². The molecule has 1 aromatic rings. The van der Waals surface area contributed by atoms with Gasteiger partial charge in [-0.1, -0.05) is 0 Å². The summed E-state index contributed by atoms with van der Waals surface area (Å²) in [5, 5.41) is 2.22. The largest absolute Gasteiger partial charge is 0.399 e. The molecule has 100 valence electrons. The molecule has 0 spiro atoms. The summed E-state index contributed by atoms with van der Waals surface area (Å²) in [6, 6.07) is 6.35. The standard InChI is InChI=1S/C13H15N3O3/c1-13(2)12(19)15-10(17)7-16(13)11(18)8-3-5-9(14)6-4-8/h3-6H,7,14H2,1-2H3,(H,15,17,19). The van der Waals surface area contributed by atoms with E-state index in [1.807, 2.05) is 0 Å². The number of nitrogens with one attached hydrogen (secondary N) is 1. The lowest BCUT2D eigenvalue weighted by Crippen LogP contribution is -2.65. The smallest absolute Gasteiger partial charge is 0.255 e. The maximum atomic E-state index is 12.4. The second-order valence-corrected chi connectivity index (χ2v) is 4.95. The lowest BCUT2D eigenvalue weighted by Gasteiger charge is -2.40. The fourth-order valence-corrected chi connectivity index (χ4v) is 1.89. The Balaban J connectivity index is 2.33. The van der Waals surface area contributed by atoms with Crippen molar-refractivity contribution in [3.05, 3.63) is 29.8 Å². The number of hydrogen-bond donors (Lipinski definition) is 2. The number of nitrogens with two attached hydrogens (primary N) is 1. The Hall–Kier alpha value is -2.37. The molecule has 0 bridgehead atoms. The van der Waals surface area contributed by atoms with E-state index in [1.54, 1.807) is 38.1 Å². The fraction of sp³-hybridized carbons (Fsp3) is 0.308. The average Bonchev–Trinajstić information content (AvgIpc) is 2.34. The van der Waals surface area contributed by atoms with Gasteiger partial charge in [0.15, 0.2) is 0 Å². The third-order valence-electron chi connectivity index (χ3n) is 3.19. The SMILES string of the molecule is CC1(C)C(=O)NC(=O)CN1C(=O)c1ccc(N)cc1. The molecule has 0 atom stereocenters. The molecule has 19 heavy (non-hydrogen) atoms. The van der Waals surface area contributed by atoms with Gasteiger partial charge in [-0.3, -0.25) is 19.7 Å². The number of imide groups is 1. The van der Waals surface area contributed by atoms with Crippen LogP contribution >= 0.6 is 0 Å². The third-order valence-corrected chi connectivity index (χ3v) is 3.19. The van der Waals surface area contributed by atoms with Crippen LogP contribution in [0.25, 0.3) is 0 Å². The highest BCUT2D eigenvalue weighted by Gasteiger charge is 2.43. The molecule has 2 rings (SSSR count). The molecule has 0 aromatic heterocycles. The number of carbonyl (C=O) groups excluding carboxylic acids is 3. The summed E-state index contributed by atoms with van der Waals surface area (Å²) in [6.45, 7) is 3.07. The summed E-state index contributed by atoms with van der Waals surface area (Å²) in [5.41, 5.74) is 5.43. The predicted octanol–water partition coefficient (Wildman–Crippen LogP) is 0.146. The van der Waals surface area contributed by atoms with Crippen LogP contribution in [0.2, 0.25) is 0 Å². The Labute approximate surface area is 110 Å². The molecule has 1 aromatic carbocycles. The Kier molecular flexibility index (Phi) is 3.01. The number of rotatable bonds is 1. The molecule has 0 unspecified atom stereocenters. The predicted molar refractivity (Wildman–Crippen MR) is 69.1 cm³/mol. The first-order valence-corrected chi connectivity index (χ1v) is 5.84. The number of nitrogen functional groups attached to an aromatic ring is 1. The number of hydrogen-bond acceptors (Lipinski definition) is 4. The number of carbonyl (C=O) groups is 3. The van der Waals surface area contributed by atoms with E-state index in [2.05, 4.69) is 5.32 Å². The van der Waals surface area contributed by atoms with E-state index in [0.717, 1.165) is 0 Å². The van der Waals surface area contributed by atoms with Crippen LogP contribution in [0.3, 0.4) is 0 Å². The van der Waals surface area contributed by atoms with Gasteiger partial charge >= 0.3 is 0 Å². The van der Waals surface area contributed by atoms with Crippen LogP contribution in [0.5, 0.6) is 0 Å². The van der Waals surface area contributed by atoms with Gasteiger partial charge in [0.25, 0.3) is 11.8 Å². The van der Waals surface area contributed by atoms with E-state index < -0.39 is 17.4 Å². The zero-order valence-electron chi connectivity index (χ0n) is 10.8. The molecule has 1 fully saturated rings. The molecule has 6 heteroatoms. The molecule has 1 aliphatic heterocycles. The maximum absolute atomic E-state index is 12.4. The normalized spacial score (nSPS) is 18.1. The number of nitrogens with zero attached hydrogens (tertiary/aromatic N) is 1. The monoisotopic (exact) mass is 261 g/mol. The van der Waals surface area contributed by atoms with E-state index in [1.165, 1.54) is 4.90 Å². The molecule has 1 aliphatic rings. The van der Waals surface area contributed by atoms with Crippen molar-refractivity contribution < 1.29 is 14.4 Å². The second-order valence-electron chi connectivity index (χ2n) is 4.95. The van der Waals surface area contributed by atoms with Crippen molar-refractivity contribution >= 4 is 23.4 Å². The van der Waals surface area contributed by atoms with Crippen molar-refractivity contribution in [2.75, 3.05) is 12.3 Å². The van der Waals surface area contributed by atoms with Crippen molar-refractivity contribution in [2.45, 2.75) is 19.4 Å². The fourth-order valence-electron chi connectivity index (χ4n) is 1.89. The van der Waals surface area contributed by atoms with Crippen LogP contribution in [0.15, 0.2) is 24.3 Å². The molecular formula is C13H15N3O3. The van der Waals surface area contributed by atoms with E-state index in [4.69, 9.17) is 5.73 Å². The zero-order valence-corrected chi connectivity index (χ0v) is 10.8. The van der Waals surface area contributed by atoms with Crippen LogP contribution in [0, 0.1) is 0 Å². The molecule has 0 radical (unpaired) electrons. The summed E-state index contributed by atoms with van der Waals surface area (Å²) >= 11 is 0. The van der Waals surface area contributed by atoms with Gasteiger partial charge < -0.3 is 10.6 Å². The van der Waals surface area contributed by atoms with E-state index >= 15 is 0 Å². The average molecular weight is 261 g/mol. The molecule has 1 heterocycles. The molecule has 3 N–H and O–H groups in total. The summed E-state index contributed by atoms with van der Waals surface area (Å²) in [6.07, 6.45) is 0. The van der Waals surface area contributed by atoms with Crippen molar-refractivity contribution in [2.24, 2.45) is 0 Å². The summed E-state index contributed by atoms with van der Waals surface area (Å²) in [7, 11) is 0. The highest BCUT2D eigenvalue weighted by atomic mass is 16.2. The Morgan fingerprint density at radius 2 is 1.84 bits per heavy atom. The Morgan fingerprint density at radius 3 is 2.42 bits per heavy atom. The molecule has 0 aliphatic carbocycles. The van der Waals surface area contributed by atoms with E-state index in [-0.39, 0.29) is 12.5 Å². The maximum Gasteiger partial charge on any atom is 0.255 e. The molecule has 0 saturated carbocycles. The van der Waals surface area contributed by atoms with Crippen molar-refractivity contribution in [1.82, 2.24) is 10.2 Å². The van der Waals surface area contributed by atoms with Gasteiger partial charge in [-0.25, -0.2) is 0 Å². The molecule has 3 amide bonds. The minimum atomic E-state index is -1.06. The van der Waals surface area contributed by atoms with E-state index in [0.29, 0.717) is 11.3 Å². The van der Waals surface area contributed by atoms with Gasteiger partial charge in [-0.2, -0.15) is 0 Å². The van der Waals surface area contributed by atoms with Crippen LogP contribution in [0.4, 0.5) is 5.69 Å². The van der Waals surface area contributed by atoms with Gasteiger partial charge in [0.2, 0.25) is 5.91 Å². The van der Waals surface area contributed by atoms with Gasteiger partial charge in [0, 0.05) is 11.3 Å². The van der Waals surface area contributed by atoms with Gasteiger partial charge in [0.05, 0.1) is 0 Å². The van der Waals surface area contributed by atoms with Crippen LogP contribution in [0.1, 0.15) is 24.2 Å². The van der Waals surface area contributed by atoms with Crippen LogP contribution in [-0.2, 0) is 9.59 Å². The topological polar surface area (TPSA) is 92.5 Å². The van der Waals surface area contributed by atoms with Crippen LogP contribution < -0.4 is 11.1 Å². The van der Waals surface area contributed by atoms with Crippen molar-refractivity contribution in [1.29, 1.82) is 0 Å². The summed E-state index contributed by atoms with van der Waals surface area (Å²) < 4.78 is 0. The first-order chi connectivity index (χ1) is 8.82. The number of piperazine rings is 1. The number of amides is 3. The summed E-state index contributed by atoms with van der Waals surface area (Å²) in [4.78, 5) is 36.8. The molecular weight excluding hydrogens is 246 g/mol.